The lowest BCUT2D eigenvalue weighted by Gasteiger charge is -2.41. The number of hydrogen-bond donors (Lipinski definition) is 0. The van der Waals surface area contributed by atoms with E-state index in [1.165, 1.54) is 6.07 Å². The smallest absolute Gasteiger partial charge is 0.325 e. The van der Waals surface area contributed by atoms with Crippen LogP contribution in [0.4, 0.5) is 31.1 Å². The van der Waals surface area contributed by atoms with Gasteiger partial charge in [-0.3, -0.25) is 4.99 Å². The molecule has 2 saturated heterocycles. The van der Waals surface area contributed by atoms with Gasteiger partial charge in [-0.2, -0.15) is 18.4 Å². The van der Waals surface area contributed by atoms with E-state index in [1.54, 1.807) is 22.8 Å². The maximum Gasteiger partial charge on any atom is 0.416 e. The first-order valence-electron chi connectivity index (χ1n) is 13.9. The Morgan fingerprint density at radius 3 is 2.26 bits per heavy atom. The van der Waals surface area contributed by atoms with E-state index in [0.717, 1.165) is 12.1 Å². The first-order valence-corrected chi connectivity index (χ1v) is 13.9. The maximum absolute atomic E-state index is 14.3. The monoisotopic (exact) mass is 592 g/mol. The standard InChI is InChI=1S/C29H28F6N4O.C2H6/c1-17(37-18(2)24-12-26(31)27(32)13-25(24)30)21-10-22(20-4-3-5-23(11-20)29(33,34)35)16-39(15-21)28(40)38-8-6-19(14-36)7-9-38;1-2/h3-5,11-13,19,21-22H,2,6-10,15-16H2,1H3;1-2H3. The predicted octanol–water partition coefficient (Wildman–Crippen LogP) is 8.04. The molecule has 2 aliphatic heterocycles. The van der Waals surface area contributed by atoms with E-state index in [2.05, 4.69) is 17.6 Å². The van der Waals surface area contributed by atoms with Gasteiger partial charge in [-0.05, 0) is 43.9 Å². The van der Waals surface area contributed by atoms with E-state index in [-0.39, 0.29) is 36.3 Å². The second kappa shape index (κ2) is 13.9. The largest absolute Gasteiger partial charge is 0.416 e. The molecular weight excluding hydrogens is 558 g/mol. The molecule has 2 unspecified atom stereocenters. The van der Waals surface area contributed by atoms with Gasteiger partial charge in [0.25, 0.3) is 0 Å². The van der Waals surface area contributed by atoms with Gasteiger partial charge >= 0.3 is 12.2 Å². The highest BCUT2D eigenvalue weighted by Crippen LogP contribution is 2.36. The molecule has 2 fully saturated rings. The summed E-state index contributed by atoms with van der Waals surface area (Å²) in [6.07, 6.45) is -3.11. The van der Waals surface area contributed by atoms with Gasteiger partial charge in [-0.25, -0.2) is 18.0 Å². The van der Waals surface area contributed by atoms with Crippen LogP contribution in [-0.2, 0) is 6.18 Å². The Morgan fingerprint density at radius 1 is 1.00 bits per heavy atom. The molecule has 2 atom stereocenters. The molecule has 11 heteroatoms. The van der Waals surface area contributed by atoms with Gasteiger partial charge in [0.2, 0.25) is 0 Å². The lowest BCUT2D eigenvalue weighted by Crippen LogP contribution is -2.52. The first-order chi connectivity index (χ1) is 19.9. The lowest BCUT2D eigenvalue weighted by molar-refractivity contribution is -0.137. The van der Waals surface area contributed by atoms with Crippen LogP contribution in [-0.4, -0.2) is 47.7 Å². The molecule has 2 aliphatic rings. The Balaban J connectivity index is 0.00000237. The highest BCUT2D eigenvalue weighted by molar-refractivity contribution is 5.90. The molecule has 0 saturated carbocycles. The summed E-state index contributed by atoms with van der Waals surface area (Å²) in [5, 5.41) is 9.17. The van der Waals surface area contributed by atoms with Crippen LogP contribution in [0.3, 0.4) is 0 Å². The predicted molar refractivity (Wildman–Crippen MR) is 149 cm³/mol. The van der Waals surface area contributed by atoms with Crippen LogP contribution in [0.25, 0.3) is 5.70 Å². The van der Waals surface area contributed by atoms with Crippen LogP contribution in [0.2, 0.25) is 0 Å². The molecule has 5 nitrogen and oxygen atoms in total. The van der Waals surface area contributed by atoms with E-state index < -0.39 is 41.0 Å². The topological polar surface area (TPSA) is 59.7 Å². The van der Waals surface area contributed by atoms with Crippen molar-refractivity contribution in [3.8, 4) is 6.07 Å². The van der Waals surface area contributed by atoms with Crippen LogP contribution in [0.1, 0.15) is 62.6 Å². The van der Waals surface area contributed by atoms with Crippen LogP contribution in [0, 0.1) is 40.6 Å². The minimum absolute atomic E-state index is 0.131. The molecule has 42 heavy (non-hydrogen) atoms. The van der Waals surface area contributed by atoms with Crippen LogP contribution in [0.15, 0.2) is 48.0 Å². The summed E-state index contributed by atoms with van der Waals surface area (Å²) in [6, 6.07) is 7.98. The zero-order valence-corrected chi connectivity index (χ0v) is 23.8. The van der Waals surface area contributed by atoms with Gasteiger partial charge in [0.05, 0.1) is 17.3 Å². The maximum atomic E-state index is 14.3. The Labute approximate surface area is 242 Å². The summed E-state index contributed by atoms with van der Waals surface area (Å²) in [5.41, 5.74) is -0.426. The minimum atomic E-state index is -4.53. The molecule has 0 aromatic heterocycles. The van der Waals surface area contributed by atoms with E-state index in [0.29, 0.717) is 55.8 Å². The third-order valence-corrected chi connectivity index (χ3v) is 7.58. The molecule has 0 N–H and O–H groups in total. The van der Waals surface area contributed by atoms with Gasteiger partial charge in [0.15, 0.2) is 11.6 Å². The number of halogens is 6. The molecular formula is C31H34F6N4O. The molecule has 2 amide bonds. The van der Waals surface area contributed by atoms with E-state index >= 15 is 0 Å². The van der Waals surface area contributed by atoms with Crippen LogP contribution in [0.5, 0.6) is 0 Å². The zero-order valence-electron chi connectivity index (χ0n) is 23.8. The Kier molecular flexibility index (Phi) is 10.8. The number of amides is 2. The van der Waals surface area contributed by atoms with Crippen molar-refractivity contribution in [3.63, 3.8) is 0 Å². The van der Waals surface area contributed by atoms with Crippen molar-refractivity contribution in [2.75, 3.05) is 26.2 Å². The second-order valence-corrected chi connectivity index (χ2v) is 10.3. The number of nitriles is 1. The fourth-order valence-corrected chi connectivity index (χ4v) is 5.28. The number of piperidine rings is 2. The molecule has 0 bridgehead atoms. The van der Waals surface area contributed by atoms with E-state index in [9.17, 15) is 36.4 Å². The summed E-state index contributed by atoms with van der Waals surface area (Å²) in [6.45, 7) is 10.5. The van der Waals surface area contributed by atoms with Crippen molar-refractivity contribution in [1.82, 2.24) is 9.80 Å². The molecule has 0 spiro atoms. The van der Waals surface area contributed by atoms with Gasteiger partial charge in [0.1, 0.15) is 5.82 Å². The summed E-state index contributed by atoms with van der Waals surface area (Å²) >= 11 is 0. The van der Waals surface area contributed by atoms with E-state index in [4.69, 9.17) is 0 Å². The quantitative estimate of drug-likeness (QED) is 0.205. The van der Waals surface area contributed by atoms with Crippen molar-refractivity contribution in [1.29, 1.82) is 5.26 Å². The first kappa shape index (κ1) is 32.7. The zero-order chi connectivity index (χ0) is 31.2. The SMILES string of the molecule is C=C(N=C(C)C1CC(c2cccc(C(F)(F)F)c2)CN(C(=O)N2CCC(C#N)CC2)C1)c1cc(F)c(F)cc1F.CC. The molecule has 0 aliphatic carbocycles. The van der Waals surface area contributed by atoms with Crippen molar-refractivity contribution in [3.05, 3.63) is 77.1 Å². The fraction of sp³-hybridized carbons (Fsp3) is 0.452. The van der Waals surface area contributed by atoms with Crippen molar-refractivity contribution < 1.29 is 31.1 Å². The third-order valence-electron chi connectivity index (χ3n) is 7.58. The highest BCUT2D eigenvalue weighted by atomic mass is 19.4. The highest BCUT2D eigenvalue weighted by Gasteiger charge is 2.37. The number of carbonyl (C=O) groups is 1. The lowest BCUT2D eigenvalue weighted by atomic mass is 9.82. The van der Waals surface area contributed by atoms with Gasteiger partial charge in [0, 0.05) is 61.3 Å². The number of hydrogen-bond acceptors (Lipinski definition) is 3. The molecule has 2 heterocycles. The number of rotatable bonds is 4. The summed E-state index contributed by atoms with van der Waals surface area (Å²) in [7, 11) is 0. The number of benzene rings is 2. The number of nitrogens with zero attached hydrogens (tertiary/aromatic N) is 4. The molecule has 2 aromatic carbocycles. The van der Waals surface area contributed by atoms with Gasteiger partial charge in [-0.1, -0.05) is 38.6 Å². The van der Waals surface area contributed by atoms with E-state index in [1.807, 2.05) is 13.8 Å². The summed E-state index contributed by atoms with van der Waals surface area (Å²) < 4.78 is 81.8. The molecule has 0 radical (unpaired) electrons. The molecule has 226 valence electrons. The number of aliphatic imine (C=N–C) groups is 1. The minimum Gasteiger partial charge on any atom is -0.325 e. The van der Waals surface area contributed by atoms with Crippen LogP contribution >= 0.6 is 0 Å². The number of alkyl halides is 3. The van der Waals surface area contributed by atoms with Crippen molar-refractivity contribution in [2.24, 2.45) is 16.8 Å². The Hall–Kier alpha value is -3.81. The fourth-order valence-electron chi connectivity index (χ4n) is 5.28. The number of likely N-dealkylation sites (tertiary alicyclic amines) is 2. The van der Waals surface area contributed by atoms with Gasteiger partial charge < -0.3 is 9.80 Å². The number of carbonyl (C=O) groups excluding carboxylic acids is 1. The molecule has 2 aromatic rings. The number of urea groups is 1. The average Bonchev–Trinajstić information content (AvgIpc) is 2.99. The summed E-state index contributed by atoms with van der Waals surface area (Å²) in [5.74, 6) is -4.67. The van der Waals surface area contributed by atoms with Crippen LogP contribution < -0.4 is 0 Å². The third kappa shape index (κ3) is 7.72. The Morgan fingerprint density at radius 2 is 1.64 bits per heavy atom. The van der Waals surface area contributed by atoms with Gasteiger partial charge in [-0.15, -0.1) is 0 Å². The Bertz CT molecular complexity index is 1360. The summed E-state index contributed by atoms with van der Waals surface area (Å²) in [4.78, 5) is 21.0. The molecule has 4 rings (SSSR count). The normalized spacial score (nSPS) is 20.0. The average molecular weight is 593 g/mol. The second-order valence-electron chi connectivity index (χ2n) is 10.3. The van der Waals surface area contributed by atoms with Crippen molar-refractivity contribution in [2.45, 2.75) is 52.1 Å². The van der Waals surface area contributed by atoms with Crippen molar-refractivity contribution >= 4 is 17.4 Å².